The SMILES string of the molecule is NC(=O)c1cccc(-c2ccc(C3CN(C(=O)Cc4c[nH]c5ccccc45)CCO3)nc2)c1. The molecule has 166 valence electrons. The van der Waals surface area contributed by atoms with Crippen LogP contribution in [-0.4, -0.2) is 46.4 Å². The molecule has 2 aromatic carbocycles. The molecule has 1 aliphatic rings. The van der Waals surface area contributed by atoms with Gasteiger partial charge >= 0.3 is 0 Å². The van der Waals surface area contributed by atoms with Crippen molar-refractivity contribution in [3.05, 3.63) is 89.9 Å². The van der Waals surface area contributed by atoms with E-state index in [9.17, 15) is 9.59 Å². The van der Waals surface area contributed by atoms with Crippen LogP contribution in [0.4, 0.5) is 0 Å². The summed E-state index contributed by atoms with van der Waals surface area (Å²) in [4.78, 5) is 34.1. The third-order valence-corrected chi connectivity index (χ3v) is 6.03. The van der Waals surface area contributed by atoms with Gasteiger partial charge in [-0.3, -0.25) is 14.6 Å². The Morgan fingerprint density at radius 3 is 2.79 bits per heavy atom. The number of H-pyrrole nitrogens is 1. The van der Waals surface area contributed by atoms with Gasteiger partial charge in [0.1, 0.15) is 6.10 Å². The molecule has 1 fully saturated rings. The highest BCUT2D eigenvalue weighted by atomic mass is 16.5. The van der Waals surface area contributed by atoms with Crippen LogP contribution in [0.3, 0.4) is 0 Å². The van der Waals surface area contributed by atoms with Crippen molar-refractivity contribution >= 4 is 22.7 Å². The molecule has 1 unspecified atom stereocenters. The molecule has 7 nitrogen and oxygen atoms in total. The number of pyridine rings is 1. The maximum absolute atomic E-state index is 13.0. The van der Waals surface area contributed by atoms with Gasteiger partial charge in [0, 0.05) is 41.0 Å². The van der Waals surface area contributed by atoms with Crippen LogP contribution in [0.15, 0.2) is 73.1 Å². The van der Waals surface area contributed by atoms with E-state index >= 15 is 0 Å². The molecule has 1 atom stereocenters. The van der Waals surface area contributed by atoms with Crippen LogP contribution >= 0.6 is 0 Å². The summed E-state index contributed by atoms with van der Waals surface area (Å²) in [6, 6.07) is 19.0. The predicted octanol–water partition coefficient (Wildman–Crippen LogP) is 3.47. The van der Waals surface area contributed by atoms with Crippen molar-refractivity contribution in [1.29, 1.82) is 0 Å². The highest BCUT2D eigenvalue weighted by Gasteiger charge is 2.26. The van der Waals surface area contributed by atoms with Crippen LogP contribution in [0, 0.1) is 0 Å². The number of ether oxygens (including phenoxy) is 1. The number of amides is 2. The second-order valence-electron chi connectivity index (χ2n) is 8.15. The number of primary amides is 1. The maximum Gasteiger partial charge on any atom is 0.248 e. The molecular formula is C26H24N4O3. The highest BCUT2D eigenvalue weighted by Crippen LogP contribution is 2.26. The lowest BCUT2D eigenvalue weighted by Gasteiger charge is -2.32. The zero-order valence-electron chi connectivity index (χ0n) is 18.0. The summed E-state index contributed by atoms with van der Waals surface area (Å²) >= 11 is 0. The number of nitrogens with zero attached hydrogens (tertiary/aromatic N) is 2. The Bertz CT molecular complexity index is 1310. The van der Waals surface area contributed by atoms with E-state index in [0.717, 1.165) is 33.3 Å². The summed E-state index contributed by atoms with van der Waals surface area (Å²) in [5.41, 5.74) is 10.4. The molecule has 0 aliphatic carbocycles. The van der Waals surface area contributed by atoms with Crippen molar-refractivity contribution in [3.8, 4) is 11.1 Å². The van der Waals surface area contributed by atoms with Crippen LogP contribution in [0.25, 0.3) is 22.0 Å². The minimum atomic E-state index is -0.463. The molecule has 33 heavy (non-hydrogen) atoms. The summed E-state index contributed by atoms with van der Waals surface area (Å²) in [5, 5.41) is 1.08. The van der Waals surface area contributed by atoms with Gasteiger partial charge in [0.05, 0.1) is 25.3 Å². The van der Waals surface area contributed by atoms with Gasteiger partial charge in [0.15, 0.2) is 0 Å². The molecule has 2 aromatic heterocycles. The van der Waals surface area contributed by atoms with E-state index in [2.05, 4.69) is 9.97 Å². The summed E-state index contributed by atoms with van der Waals surface area (Å²) in [6.45, 7) is 1.49. The lowest BCUT2D eigenvalue weighted by Crippen LogP contribution is -2.43. The number of carbonyl (C=O) groups is 2. The van der Waals surface area contributed by atoms with Gasteiger partial charge in [-0.2, -0.15) is 0 Å². The lowest BCUT2D eigenvalue weighted by molar-refractivity contribution is -0.138. The fraction of sp³-hybridized carbons (Fsp3) is 0.192. The van der Waals surface area contributed by atoms with Gasteiger partial charge in [0.2, 0.25) is 11.8 Å². The van der Waals surface area contributed by atoms with E-state index in [4.69, 9.17) is 10.5 Å². The molecule has 0 saturated carbocycles. The fourth-order valence-corrected chi connectivity index (χ4v) is 4.23. The topological polar surface area (TPSA) is 101 Å². The monoisotopic (exact) mass is 440 g/mol. The van der Waals surface area contributed by atoms with Gasteiger partial charge in [0.25, 0.3) is 0 Å². The maximum atomic E-state index is 13.0. The van der Waals surface area contributed by atoms with Gasteiger partial charge in [-0.15, -0.1) is 0 Å². The number of carbonyl (C=O) groups excluding carboxylic acids is 2. The largest absolute Gasteiger partial charge is 0.368 e. The van der Waals surface area contributed by atoms with Gasteiger partial charge < -0.3 is 20.4 Å². The smallest absolute Gasteiger partial charge is 0.248 e. The van der Waals surface area contributed by atoms with Crippen molar-refractivity contribution in [3.63, 3.8) is 0 Å². The van der Waals surface area contributed by atoms with E-state index < -0.39 is 5.91 Å². The highest BCUT2D eigenvalue weighted by molar-refractivity contribution is 5.94. The molecule has 7 heteroatoms. The average Bonchev–Trinajstić information content (AvgIpc) is 3.27. The van der Waals surface area contributed by atoms with Crippen LogP contribution in [0.2, 0.25) is 0 Å². The first-order valence-electron chi connectivity index (χ1n) is 10.9. The molecule has 3 heterocycles. The predicted molar refractivity (Wildman–Crippen MR) is 125 cm³/mol. The minimum absolute atomic E-state index is 0.0768. The third kappa shape index (κ3) is 4.36. The number of nitrogens with two attached hydrogens (primary N) is 1. The molecule has 0 radical (unpaired) electrons. The molecule has 1 aliphatic heterocycles. The number of hydrogen-bond donors (Lipinski definition) is 2. The Morgan fingerprint density at radius 2 is 1.97 bits per heavy atom. The van der Waals surface area contributed by atoms with E-state index in [1.54, 1.807) is 24.4 Å². The second-order valence-corrected chi connectivity index (χ2v) is 8.15. The number of para-hydroxylation sites is 1. The summed E-state index contributed by atoms with van der Waals surface area (Å²) in [7, 11) is 0. The standard InChI is InChI=1S/C26H24N4O3/c27-26(32)18-5-3-4-17(12-18)19-8-9-23(29-14-19)24-16-30(10-11-33-24)25(31)13-20-15-28-22-7-2-1-6-21(20)22/h1-9,12,14-15,24,28H,10-11,13,16H2,(H2,27,32). The molecular weight excluding hydrogens is 416 g/mol. The summed E-state index contributed by atoms with van der Waals surface area (Å²) in [5.74, 6) is -0.387. The summed E-state index contributed by atoms with van der Waals surface area (Å²) in [6.07, 6.45) is 3.73. The van der Waals surface area contributed by atoms with Crippen molar-refractivity contribution in [2.75, 3.05) is 19.7 Å². The molecule has 5 rings (SSSR count). The molecule has 2 amide bonds. The molecule has 4 aromatic rings. The minimum Gasteiger partial charge on any atom is -0.368 e. The van der Waals surface area contributed by atoms with E-state index in [-0.39, 0.29) is 12.0 Å². The Balaban J connectivity index is 1.28. The number of aromatic amines is 1. The normalized spacial score (nSPS) is 16.1. The van der Waals surface area contributed by atoms with Gasteiger partial charge in [-0.05, 0) is 35.4 Å². The quantitative estimate of drug-likeness (QED) is 0.496. The number of benzene rings is 2. The zero-order valence-corrected chi connectivity index (χ0v) is 18.0. The summed E-state index contributed by atoms with van der Waals surface area (Å²) < 4.78 is 5.92. The first-order chi connectivity index (χ1) is 16.1. The Morgan fingerprint density at radius 1 is 1.09 bits per heavy atom. The third-order valence-electron chi connectivity index (χ3n) is 6.03. The number of hydrogen-bond acceptors (Lipinski definition) is 4. The molecule has 0 bridgehead atoms. The molecule has 3 N–H and O–H groups in total. The Labute approximate surface area is 191 Å². The van der Waals surface area contributed by atoms with Crippen molar-refractivity contribution in [1.82, 2.24) is 14.9 Å². The van der Waals surface area contributed by atoms with Crippen LogP contribution in [0.1, 0.15) is 27.7 Å². The number of morpholine rings is 1. The number of rotatable bonds is 5. The van der Waals surface area contributed by atoms with Crippen LogP contribution in [0.5, 0.6) is 0 Å². The van der Waals surface area contributed by atoms with Gasteiger partial charge in [-0.1, -0.05) is 36.4 Å². The first-order valence-corrected chi connectivity index (χ1v) is 10.9. The number of aromatic nitrogens is 2. The fourth-order valence-electron chi connectivity index (χ4n) is 4.23. The van der Waals surface area contributed by atoms with Crippen molar-refractivity contribution in [2.45, 2.75) is 12.5 Å². The van der Waals surface area contributed by atoms with Gasteiger partial charge in [-0.25, -0.2) is 0 Å². The molecule has 0 spiro atoms. The van der Waals surface area contributed by atoms with Crippen molar-refractivity contribution < 1.29 is 14.3 Å². The Hall–Kier alpha value is -3.97. The van der Waals surface area contributed by atoms with Crippen molar-refractivity contribution in [2.24, 2.45) is 5.73 Å². The van der Waals surface area contributed by atoms with Crippen LogP contribution in [-0.2, 0) is 16.0 Å². The Kier molecular flexibility index (Phi) is 5.62. The van der Waals surface area contributed by atoms with E-state index in [1.165, 1.54) is 0 Å². The van der Waals surface area contributed by atoms with E-state index in [1.807, 2.05) is 53.6 Å². The van der Waals surface area contributed by atoms with E-state index in [0.29, 0.717) is 31.7 Å². The molecule has 1 saturated heterocycles. The first kappa shape index (κ1) is 20.9. The second kappa shape index (κ2) is 8.88. The average molecular weight is 441 g/mol. The lowest BCUT2D eigenvalue weighted by atomic mass is 10.0. The number of fused-ring (bicyclic) bond motifs is 1. The number of nitrogens with one attached hydrogen (secondary N) is 1. The zero-order chi connectivity index (χ0) is 22.8. The van der Waals surface area contributed by atoms with Crippen LogP contribution < -0.4 is 5.73 Å².